The van der Waals surface area contributed by atoms with Gasteiger partial charge in [0.15, 0.2) is 6.10 Å². The van der Waals surface area contributed by atoms with Crippen molar-refractivity contribution in [2.45, 2.75) is 6.10 Å². The first kappa shape index (κ1) is 17.0. The Morgan fingerprint density at radius 2 is 1.92 bits per heavy atom. The normalized spacial score (nSPS) is 15.9. The summed E-state index contributed by atoms with van der Waals surface area (Å²) in [5, 5.41) is 0. The number of hydrogen-bond acceptors (Lipinski definition) is 6. The van der Waals surface area contributed by atoms with Crippen LogP contribution in [0.25, 0.3) is 0 Å². The van der Waals surface area contributed by atoms with Crippen LogP contribution < -0.4 is 16.2 Å². The summed E-state index contributed by atoms with van der Waals surface area (Å²) < 4.78 is 5.42. The molecule has 1 fully saturated rings. The minimum atomic E-state index is -0.610. The molecule has 1 aromatic carbocycles. The van der Waals surface area contributed by atoms with E-state index in [0.717, 1.165) is 5.56 Å². The smallest absolute Gasteiger partial charge is 0.256 e. The number of piperazine rings is 1. The minimum Gasteiger partial charge on any atom is -0.369 e. The van der Waals surface area contributed by atoms with E-state index < -0.39 is 6.10 Å². The monoisotopic (exact) mass is 343 g/mol. The molecule has 0 radical (unpaired) electrons. The van der Waals surface area contributed by atoms with E-state index in [-0.39, 0.29) is 17.4 Å². The number of nitrogen functional groups attached to an aromatic ring is 1. The molecular formula is C17H21N5O3. The zero-order valence-electron chi connectivity index (χ0n) is 14.0. The van der Waals surface area contributed by atoms with Crippen LogP contribution in [-0.2, 0) is 9.53 Å². The SMILES string of the molecule is CO[C@@H](C(=O)N1CCN(c2cc(=O)[nH]c(N)n2)CC1)c1ccccc1. The first-order chi connectivity index (χ1) is 12.1. The van der Waals surface area contributed by atoms with Crippen LogP contribution in [0.4, 0.5) is 11.8 Å². The molecule has 1 atom stereocenters. The van der Waals surface area contributed by atoms with Gasteiger partial charge in [-0.15, -0.1) is 0 Å². The number of nitrogens with one attached hydrogen (secondary N) is 1. The lowest BCUT2D eigenvalue weighted by Gasteiger charge is -2.36. The molecule has 0 unspecified atom stereocenters. The van der Waals surface area contributed by atoms with Gasteiger partial charge in [-0.2, -0.15) is 4.98 Å². The van der Waals surface area contributed by atoms with E-state index in [0.29, 0.717) is 32.0 Å². The Balaban J connectivity index is 1.67. The summed E-state index contributed by atoms with van der Waals surface area (Å²) in [5.74, 6) is 0.552. The lowest BCUT2D eigenvalue weighted by molar-refractivity contribution is -0.142. The summed E-state index contributed by atoms with van der Waals surface area (Å²) in [6.07, 6.45) is -0.610. The molecule has 1 aliphatic rings. The second-order valence-corrected chi connectivity index (χ2v) is 5.83. The van der Waals surface area contributed by atoms with Gasteiger partial charge in [0.1, 0.15) is 5.82 Å². The van der Waals surface area contributed by atoms with Gasteiger partial charge in [0.25, 0.3) is 11.5 Å². The number of nitrogens with two attached hydrogens (primary N) is 1. The van der Waals surface area contributed by atoms with Crippen molar-refractivity contribution in [2.24, 2.45) is 0 Å². The maximum Gasteiger partial charge on any atom is 0.256 e. The Morgan fingerprint density at radius 3 is 2.52 bits per heavy atom. The van der Waals surface area contributed by atoms with Gasteiger partial charge in [-0.05, 0) is 5.56 Å². The van der Waals surface area contributed by atoms with Gasteiger partial charge < -0.3 is 20.3 Å². The van der Waals surface area contributed by atoms with Crippen molar-refractivity contribution in [1.82, 2.24) is 14.9 Å². The van der Waals surface area contributed by atoms with Gasteiger partial charge in [0, 0.05) is 39.4 Å². The van der Waals surface area contributed by atoms with Gasteiger partial charge >= 0.3 is 0 Å². The van der Waals surface area contributed by atoms with Gasteiger partial charge in [0.05, 0.1) is 0 Å². The fourth-order valence-corrected chi connectivity index (χ4v) is 2.95. The van der Waals surface area contributed by atoms with Crippen molar-refractivity contribution in [3.8, 4) is 0 Å². The van der Waals surface area contributed by atoms with Crippen LogP contribution in [0.1, 0.15) is 11.7 Å². The first-order valence-corrected chi connectivity index (χ1v) is 8.07. The molecule has 1 saturated heterocycles. The molecular weight excluding hydrogens is 322 g/mol. The Bertz CT molecular complexity index is 784. The largest absolute Gasteiger partial charge is 0.369 e. The highest BCUT2D eigenvalue weighted by molar-refractivity contribution is 5.82. The Labute approximate surface area is 145 Å². The molecule has 0 bridgehead atoms. The van der Waals surface area contributed by atoms with Crippen molar-refractivity contribution in [1.29, 1.82) is 0 Å². The second kappa shape index (κ2) is 7.35. The summed E-state index contributed by atoms with van der Waals surface area (Å²) in [6.45, 7) is 2.21. The Morgan fingerprint density at radius 1 is 1.24 bits per heavy atom. The molecule has 3 N–H and O–H groups in total. The van der Waals surface area contributed by atoms with Crippen LogP contribution in [0.15, 0.2) is 41.2 Å². The molecule has 2 heterocycles. The number of anilines is 2. The molecule has 0 saturated carbocycles. The van der Waals surface area contributed by atoms with Crippen LogP contribution in [0.3, 0.4) is 0 Å². The van der Waals surface area contributed by atoms with Gasteiger partial charge in [-0.3, -0.25) is 14.6 Å². The topological polar surface area (TPSA) is 105 Å². The highest BCUT2D eigenvalue weighted by Crippen LogP contribution is 2.21. The van der Waals surface area contributed by atoms with Crippen molar-refractivity contribution in [3.05, 3.63) is 52.3 Å². The van der Waals surface area contributed by atoms with E-state index in [1.165, 1.54) is 13.2 Å². The minimum absolute atomic E-state index is 0.0632. The quantitative estimate of drug-likeness (QED) is 0.832. The average molecular weight is 343 g/mol. The molecule has 1 aliphatic heterocycles. The maximum atomic E-state index is 12.8. The second-order valence-electron chi connectivity index (χ2n) is 5.83. The van der Waals surface area contributed by atoms with Crippen LogP contribution in [0.2, 0.25) is 0 Å². The molecule has 25 heavy (non-hydrogen) atoms. The fraction of sp³-hybridized carbons (Fsp3) is 0.353. The maximum absolute atomic E-state index is 12.8. The third-order valence-electron chi connectivity index (χ3n) is 4.22. The van der Waals surface area contributed by atoms with Gasteiger partial charge in [-0.1, -0.05) is 30.3 Å². The molecule has 3 rings (SSSR count). The number of benzene rings is 1. The number of aromatic nitrogens is 2. The Kier molecular flexibility index (Phi) is 4.99. The van der Waals surface area contributed by atoms with E-state index in [1.807, 2.05) is 35.2 Å². The molecule has 8 nitrogen and oxygen atoms in total. The average Bonchev–Trinajstić information content (AvgIpc) is 2.62. The predicted octanol–water partition coefficient (Wildman–Crippen LogP) is 0.388. The number of nitrogens with zero attached hydrogens (tertiary/aromatic N) is 3. The summed E-state index contributed by atoms with van der Waals surface area (Å²) in [6, 6.07) is 10.8. The highest BCUT2D eigenvalue weighted by atomic mass is 16.5. The lowest BCUT2D eigenvalue weighted by Crippen LogP contribution is -2.50. The van der Waals surface area contributed by atoms with E-state index in [1.54, 1.807) is 4.90 Å². The van der Waals surface area contributed by atoms with Gasteiger partial charge in [0.2, 0.25) is 5.95 Å². The number of H-pyrrole nitrogens is 1. The summed E-state index contributed by atoms with van der Waals surface area (Å²) in [4.78, 5) is 34.6. The molecule has 0 spiro atoms. The molecule has 1 aromatic heterocycles. The summed E-state index contributed by atoms with van der Waals surface area (Å²) in [7, 11) is 1.54. The third-order valence-corrected chi connectivity index (χ3v) is 4.22. The fourth-order valence-electron chi connectivity index (χ4n) is 2.95. The van der Waals surface area contributed by atoms with Crippen LogP contribution >= 0.6 is 0 Å². The summed E-state index contributed by atoms with van der Waals surface area (Å²) >= 11 is 0. The molecule has 0 aliphatic carbocycles. The number of ether oxygens (including phenoxy) is 1. The lowest BCUT2D eigenvalue weighted by atomic mass is 10.1. The van der Waals surface area contributed by atoms with Gasteiger partial charge in [-0.25, -0.2) is 0 Å². The number of rotatable bonds is 4. The van der Waals surface area contributed by atoms with E-state index in [4.69, 9.17) is 10.5 Å². The van der Waals surface area contributed by atoms with Crippen molar-refractivity contribution >= 4 is 17.7 Å². The van der Waals surface area contributed by atoms with Crippen LogP contribution in [0.5, 0.6) is 0 Å². The number of amides is 1. The molecule has 1 amide bonds. The first-order valence-electron chi connectivity index (χ1n) is 8.07. The number of carbonyl (C=O) groups is 1. The van der Waals surface area contributed by atoms with Crippen LogP contribution in [0, 0.1) is 0 Å². The van der Waals surface area contributed by atoms with E-state index in [9.17, 15) is 9.59 Å². The third kappa shape index (κ3) is 3.80. The van der Waals surface area contributed by atoms with E-state index >= 15 is 0 Å². The Hall–Kier alpha value is -2.87. The zero-order chi connectivity index (χ0) is 17.8. The number of aromatic amines is 1. The molecule has 132 valence electrons. The highest BCUT2D eigenvalue weighted by Gasteiger charge is 2.29. The zero-order valence-corrected chi connectivity index (χ0v) is 14.0. The molecule has 2 aromatic rings. The van der Waals surface area contributed by atoms with E-state index in [2.05, 4.69) is 9.97 Å². The standard InChI is InChI=1S/C17H21N5O3/c1-25-15(12-5-3-2-4-6-12)16(24)22-9-7-21(8-10-22)13-11-14(23)20-17(18)19-13/h2-6,11,15H,7-10H2,1H3,(H3,18,19,20,23)/t15-/m1/s1. The molecule has 8 heteroatoms. The number of hydrogen-bond donors (Lipinski definition) is 2. The number of carbonyl (C=O) groups excluding carboxylic acids is 1. The van der Waals surface area contributed by atoms with Crippen molar-refractivity contribution in [2.75, 3.05) is 43.9 Å². The number of methoxy groups -OCH3 is 1. The van der Waals surface area contributed by atoms with Crippen molar-refractivity contribution < 1.29 is 9.53 Å². The van der Waals surface area contributed by atoms with Crippen LogP contribution in [-0.4, -0.2) is 54.1 Å². The predicted molar refractivity (Wildman–Crippen MR) is 94.3 cm³/mol. The summed E-state index contributed by atoms with van der Waals surface area (Å²) in [5.41, 5.74) is 6.14. The van der Waals surface area contributed by atoms with Crippen molar-refractivity contribution in [3.63, 3.8) is 0 Å².